The van der Waals surface area contributed by atoms with Crippen molar-refractivity contribution in [1.29, 1.82) is 0 Å². The van der Waals surface area contributed by atoms with E-state index in [0.29, 0.717) is 6.42 Å². The SMILES string of the molecule is CCCC[C@H](CO)C(=O)O.[H-].[Na+]. The molecule has 0 fully saturated rings. The van der Waals surface area contributed by atoms with Crippen molar-refractivity contribution >= 4 is 5.97 Å². The van der Waals surface area contributed by atoms with Crippen LogP contribution in [0.25, 0.3) is 0 Å². The van der Waals surface area contributed by atoms with Crippen molar-refractivity contribution in [3.05, 3.63) is 0 Å². The maximum absolute atomic E-state index is 10.3. The number of aliphatic carboxylic acids is 1. The molecule has 0 rings (SSSR count). The predicted molar refractivity (Wildman–Crippen MR) is 38.8 cm³/mol. The average Bonchev–Trinajstić information content (AvgIpc) is 1.89. The Morgan fingerprint density at radius 3 is 2.45 bits per heavy atom. The normalized spacial score (nSPS) is 11.8. The molecule has 0 heterocycles. The van der Waals surface area contributed by atoms with Crippen LogP contribution in [0.1, 0.15) is 27.6 Å². The molecule has 62 valence electrons. The Labute approximate surface area is 90.6 Å². The third-order valence-corrected chi connectivity index (χ3v) is 1.48. The molecule has 0 aromatic heterocycles. The van der Waals surface area contributed by atoms with Crippen LogP contribution >= 0.6 is 0 Å². The summed E-state index contributed by atoms with van der Waals surface area (Å²) in [6, 6.07) is 0. The minimum atomic E-state index is -0.893. The Kier molecular flexibility index (Phi) is 10.8. The van der Waals surface area contributed by atoms with Gasteiger partial charge in [0, 0.05) is 0 Å². The van der Waals surface area contributed by atoms with Crippen molar-refractivity contribution in [3.63, 3.8) is 0 Å². The van der Waals surface area contributed by atoms with Crippen molar-refractivity contribution in [2.24, 2.45) is 5.92 Å². The van der Waals surface area contributed by atoms with E-state index in [9.17, 15) is 4.79 Å². The zero-order valence-electron chi connectivity index (χ0n) is 8.21. The van der Waals surface area contributed by atoms with Gasteiger partial charge in [-0.1, -0.05) is 19.8 Å². The number of aliphatic hydroxyl groups is 1. The van der Waals surface area contributed by atoms with Crippen molar-refractivity contribution < 1.29 is 46.0 Å². The minimum Gasteiger partial charge on any atom is -1.00 e. The van der Waals surface area contributed by atoms with Gasteiger partial charge in [-0.25, -0.2) is 0 Å². The maximum atomic E-state index is 10.3. The van der Waals surface area contributed by atoms with Crippen LogP contribution in [0, 0.1) is 5.92 Å². The molecular weight excluding hydrogens is 155 g/mol. The van der Waals surface area contributed by atoms with E-state index >= 15 is 0 Å². The number of carboxylic acid groups (broad SMARTS) is 1. The van der Waals surface area contributed by atoms with Crippen LogP contribution in [0.4, 0.5) is 0 Å². The molecule has 0 aliphatic heterocycles. The second kappa shape index (κ2) is 8.53. The maximum Gasteiger partial charge on any atom is 1.00 e. The topological polar surface area (TPSA) is 57.5 Å². The first-order valence-electron chi connectivity index (χ1n) is 3.56. The van der Waals surface area contributed by atoms with Gasteiger partial charge in [-0.3, -0.25) is 4.79 Å². The van der Waals surface area contributed by atoms with Crippen molar-refractivity contribution in [2.75, 3.05) is 6.61 Å². The largest absolute Gasteiger partial charge is 1.00 e. The Hall–Kier alpha value is 0.430. The second-order valence-corrected chi connectivity index (χ2v) is 2.36. The fraction of sp³-hybridized carbons (Fsp3) is 0.857. The van der Waals surface area contributed by atoms with E-state index in [2.05, 4.69) is 0 Å². The summed E-state index contributed by atoms with van der Waals surface area (Å²) < 4.78 is 0. The molecule has 0 amide bonds. The van der Waals surface area contributed by atoms with Crippen LogP contribution in [-0.4, -0.2) is 22.8 Å². The van der Waals surface area contributed by atoms with E-state index in [1.54, 1.807) is 0 Å². The predicted octanol–water partition coefficient (Wildman–Crippen LogP) is -2.01. The summed E-state index contributed by atoms with van der Waals surface area (Å²) in [6.45, 7) is 1.76. The zero-order valence-corrected chi connectivity index (χ0v) is 9.21. The van der Waals surface area contributed by atoms with E-state index in [4.69, 9.17) is 10.2 Å². The van der Waals surface area contributed by atoms with Gasteiger partial charge in [-0.15, -0.1) is 0 Å². The van der Waals surface area contributed by atoms with Gasteiger partial charge in [0.05, 0.1) is 12.5 Å². The van der Waals surface area contributed by atoms with Crippen molar-refractivity contribution in [1.82, 2.24) is 0 Å². The van der Waals surface area contributed by atoms with Gasteiger partial charge in [0.25, 0.3) is 0 Å². The molecule has 4 heteroatoms. The fourth-order valence-corrected chi connectivity index (χ4v) is 0.743. The molecule has 0 bridgehead atoms. The van der Waals surface area contributed by atoms with E-state index in [0.717, 1.165) is 12.8 Å². The third kappa shape index (κ3) is 6.81. The van der Waals surface area contributed by atoms with Gasteiger partial charge in [0.15, 0.2) is 0 Å². The van der Waals surface area contributed by atoms with Gasteiger partial charge in [-0.05, 0) is 6.42 Å². The molecule has 0 aliphatic carbocycles. The molecule has 2 N–H and O–H groups in total. The third-order valence-electron chi connectivity index (χ3n) is 1.48. The first kappa shape index (κ1) is 14.0. The van der Waals surface area contributed by atoms with Gasteiger partial charge in [0.1, 0.15) is 0 Å². The number of carbonyl (C=O) groups is 1. The zero-order chi connectivity index (χ0) is 7.98. The Morgan fingerprint density at radius 2 is 2.18 bits per heavy atom. The van der Waals surface area contributed by atoms with Crippen LogP contribution in [0.15, 0.2) is 0 Å². The number of hydrogen-bond donors (Lipinski definition) is 2. The standard InChI is InChI=1S/C7H14O3.Na.H/c1-2-3-4-6(5-8)7(9)10;;/h6,8H,2-5H2,1H3,(H,9,10);;/q;+1;-1/t6-;;/m1../s1. The monoisotopic (exact) mass is 170 g/mol. The van der Waals surface area contributed by atoms with E-state index in [1.807, 2.05) is 6.92 Å². The number of rotatable bonds is 5. The minimum absolute atomic E-state index is 0. The van der Waals surface area contributed by atoms with E-state index in [1.165, 1.54) is 0 Å². The summed E-state index contributed by atoms with van der Waals surface area (Å²) >= 11 is 0. The molecule has 1 atom stereocenters. The van der Waals surface area contributed by atoms with E-state index in [-0.39, 0.29) is 37.6 Å². The van der Waals surface area contributed by atoms with Gasteiger partial charge >= 0.3 is 35.5 Å². The van der Waals surface area contributed by atoms with Crippen molar-refractivity contribution in [2.45, 2.75) is 26.2 Å². The van der Waals surface area contributed by atoms with E-state index < -0.39 is 11.9 Å². The smallest absolute Gasteiger partial charge is 1.00 e. The molecule has 0 aliphatic rings. The molecule has 11 heavy (non-hydrogen) atoms. The number of aliphatic hydroxyl groups excluding tert-OH is 1. The van der Waals surface area contributed by atoms with Crippen LogP contribution in [0.2, 0.25) is 0 Å². The molecule has 0 saturated heterocycles. The van der Waals surface area contributed by atoms with Crippen LogP contribution in [-0.2, 0) is 4.79 Å². The molecular formula is C7H15NaO3. The quantitative estimate of drug-likeness (QED) is 0.469. The second-order valence-electron chi connectivity index (χ2n) is 2.36. The number of unbranched alkanes of at least 4 members (excludes halogenated alkanes) is 1. The Balaban J connectivity index is -0.000000405. The van der Waals surface area contributed by atoms with Gasteiger partial charge < -0.3 is 11.6 Å². The van der Waals surface area contributed by atoms with Gasteiger partial charge in [0.2, 0.25) is 0 Å². The van der Waals surface area contributed by atoms with Crippen LogP contribution in [0.3, 0.4) is 0 Å². The molecule has 0 aromatic carbocycles. The summed E-state index contributed by atoms with van der Waals surface area (Å²) in [5, 5.41) is 17.0. The van der Waals surface area contributed by atoms with Crippen LogP contribution < -0.4 is 29.6 Å². The number of hydrogen-bond acceptors (Lipinski definition) is 2. The average molecular weight is 170 g/mol. The molecule has 0 saturated carbocycles. The first-order valence-corrected chi connectivity index (χ1v) is 3.56. The summed E-state index contributed by atoms with van der Waals surface area (Å²) in [6.07, 6.45) is 2.43. The first-order chi connectivity index (χ1) is 4.72. The molecule has 0 radical (unpaired) electrons. The van der Waals surface area contributed by atoms with Crippen molar-refractivity contribution in [3.8, 4) is 0 Å². The molecule has 0 unspecified atom stereocenters. The van der Waals surface area contributed by atoms with Gasteiger partial charge in [-0.2, -0.15) is 0 Å². The molecule has 0 spiro atoms. The molecule has 3 nitrogen and oxygen atoms in total. The Bertz CT molecular complexity index is 111. The summed E-state index contributed by atoms with van der Waals surface area (Å²) in [5.41, 5.74) is 0. The summed E-state index contributed by atoms with van der Waals surface area (Å²) in [5.74, 6) is -1.45. The summed E-state index contributed by atoms with van der Waals surface area (Å²) in [7, 11) is 0. The molecule has 0 aromatic rings. The Morgan fingerprint density at radius 1 is 1.64 bits per heavy atom. The summed E-state index contributed by atoms with van der Waals surface area (Å²) in [4.78, 5) is 10.3. The van der Waals surface area contributed by atoms with Crippen LogP contribution in [0.5, 0.6) is 0 Å². The fourth-order valence-electron chi connectivity index (χ4n) is 0.743. The number of carboxylic acids is 1.